The minimum atomic E-state index is -0.497. The number of fused-ring (bicyclic) bond motifs is 1. The van der Waals surface area contributed by atoms with Crippen molar-refractivity contribution in [2.24, 2.45) is 5.73 Å². The van der Waals surface area contributed by atoms with Crippen molar-refractivity contribution in [1.82, 2.24) is 9.55 Å². The molecule has 0 aliphatic carbocycles. The molecule has 4 aromatic rings. The number of aromatic nitrogens is 2. The van der Waals surface area contributed by atoms with E-state index in [1.807, 2.05) is 30.5 Å². The van der Waals surface area contributed by atoms with Gasteiger partial charge in [0, 0.05) is 39.4 Å². The van der Waals surface area contributed by atoms with Crippen LogP contribution in [0.2, 0.25) is 0 Å². The fourth-order valence-corrected chi connectivity index (χ4v) is 5.16. The summed E-state index contributed by atoms with van der Waals surface area (Å²) < 4.78 is 1.32. The maximum atomic E-state index is 13.2. The first kappa shape index (κ1) is 21.0. The van der Waals surface area contributed by atoms with Gasteiger partial charge >= 0.3 is 0 Å². The van der Waals surface area contributed by atoms with Gasteiger partial charge in [0.15, 0.2) is 0 Å². The summed E-state index contributed by atoms with van der Waals surface area (Å²) in [5, 5.41) is 2.45. The molecule has 0 bridgehead atoms. The Morgan fingerprint density at radius 2 is 1.94 bits per heavy atom. The minimum Gasteiger partial charge on any atom is -0.370 e. The zero-order chi connectivity index (χ0) is 22.0. The van der Waals surface area contributed by atoms with Crippen molar-refractivity contribution in [1.29, 1.82) is 0 Å². The highest BCUT2D eigenvalue weighted by atomic mass is 32.1. The van der Waals surface area contributed by atoms with Gasteiger partial charge in [-0.15, -0.1) is 22.7 Å². The number of anilines is 1. The Labute approximate surface area is 186 Å². The van der Waals surface area contributed by atoms with Crippen LogP contribution in [0.25, 0.3) is 20.7 Å². The minimum absolute atomic E-state index is 0.0270. The maximum absolute atomic E-state index is 13.2. The first-order valence-electron chi connectivity index (χ1n) is 9.61. The number of hydrogen-bond donors (Lipinski definition) is 1. The molecule has 7 nitrogen and oxygen atoms in total. The predicted octanol–water partition coefficient (Wildman–Crippen LogP) is 3.40. The number of aryl methyl sites for hydroxylation is 1. The number of nitrogens with two attached hydrogens (primary N) is 1. The van der Waals surface area contributed by atoms with E-state index in [4.69, 9.17) is 5.73 Å². The standard InChI is InChI=1S/C22H20N4O3S2/c1-14-7-8-17(31-14)16-12-30-21-20(16)22(29)25(13-24-21)11-19(28)26(10-9-18(23)27)15-5-3-2-4-6-15/h2-8,12-13H,9-11H2,1H3,(H2,23,27). The Kier molecular flexibility index (Phi) is 5.97. The number of para-hydroxylation sites is 1. The number of carbonyl (C=O) groups is 2. The molecule has 0 fully saturated rings. The number of carbonyl (C=O) groups excluding carboxylic acids is 2. The van der Waals surface area contributed by atoms with Crippen molar-refractivity contribution in [2.75, 3.05) is 11.4 Å². The molecule has 0 saturated carbocycles. The molecule has 3 aromatic heterocycles. The molecule has 158 valence electrons. The zero-order valence-corrected chi connectivity index (χ0v) is 18.4. The number of amides is 2. The fraction of sp³-hybridized carbons (Fsp3) is 0.182. The lowest BCUT2D eigenvalue weighted by atomic mass is 10.2. The summed E-state index contributed by atoms with van der Waals surface area (Å²) in [6.07, 6.45) is 1.43. The van der Waals surface area contributed by atoms with Crippen LogP contribution in [-0.4, -0.2) is 27.9 Å². The van der Waals surface area contributed by atoms with Gasteiger partial charge in [0.05, 0.1) is 11.7 Å². The van der Waals surface area contributed by atoms with Crippen molar-refractivity contribution < 1.29 is 9.59 Å². The van der Waals surface area contributed by atoms with E-state index < -0.39 is 5.91 Å². The van der Waals surface area contributed by atoms with Crippen molar-refractivity contribution in [2.45, 2.75) is 19.9 Å². The molecular formula is C22H20N4O3S2. The van der Waals surface area contributed by atoms with Crippen LogP contribution in [0.5, 0.6) is 0 Å². The molecular weight excluding hydrogens is 432 g/mol. The van der Waals surface area contributed by atoms with Crippen LogP contribution in [0.15, 0.2) is 59.0 Å². The van der Waals surface area contributed by atoms with Gasteiger partial charge in [-0.3, -0.25) is 19.0 Å². The number of benzene rings is 1. The third-order valence-electron chi connectivity index (χ3n) is 4.82. The monoisotopic (exact) mass is 452 g/mol. The summed E-state index contributed by atoms with van der Waals surface area (Å²) in [6, 6.07) is 13.0. The lowest BCUT2D eigenvalue weighted by Crippen LogP contribution is -2.38. The van der Waals surface area contributed by atoms with Crippen LogP contribution in [-0.2, 0) is 16.1 Å². The highest BCUT2D eigenvalue weighted by molar-refractivity contribution is 7.19. The molecule has 0 aliphatic rings. The van der Waals surface area contributed by atoms with E-state index in [1.54, 1.807) is 35.6 Å². The van der Waals surface area contributed by atoms with Crippen LogP contribution < -0.4 is 16.2 Å². The Morgan fingerprint density at radius 3 is 2.61 bits per heavy atom. The van der Waals surface area contributed by atoms with Crippen LogP contribution in [0.4, 0.5) is 5.69 Å². The molecule has 2 N–H and O–H groups in total. The largest absolute Gasteiger partial charge is 0.370 e. The molecule has 31 heavy (non-hydrogen) atoms. The van der Waals surface area contributed by atoms with Gasteiger partial charge in [-0.2, -0.15) is 0 Å². The molecule has 0 spiro atoms. The Morgan fingerprint density at radius 1 is 1.16 bits per heavy atom. The van der Waals surface area contributed by atoms with Gasteiger partial charge in [0.1, 0.15) is 11.4 Å². The quantitative estimate of drug-likeness (QED) is 0.465. The van der Waals surface area contributed by atoms with E-state index in [2.05, 4.69) is 4.98 Å². The van der Waals surface area contributed by atoms with Crippen LogP contribution in [0.1, 0.15) is 11.3 Å². The van der Waals surface area contributed by atoms with Gasteiger partial charge in [-0.25, -0.2) is 4.98 Å². The lowest BCUT2D eigenvalue weighted by molar-refractivity contribution is -0.119. The summed E-state index contributed by atoms with van der Waals surface area (Å²) >= 11 is 3.02. The van der Waals surface area contributed by atoms with Gasteiger partial charge in [-0.05, 0) is 31.2 Å². The highest BCUT2D eigenvalue weighted by Crippen LogP contribution is 2.34. The molecule has 0 aliphatic heterocycles. The molecule has 4 rings (SSSR count). The number of thiophene rings is 2. The van der Waals surface area contributed by atoms with E-state index in [0.717, 1.165) is 15.3 Å². The first-order valence-corrected chi connectivity index (χ1v) is 11.3. The molecule has 0 atom stereocenters. The average molecular weight is 453 g/mol. The molecule has 1 aromatic carbocycles. The zero-order valence-electron chi connectivity index (χ0n) is 16.8. The maximum Gasteiger partial charge on any atom is 0.263 e. The average Bonchev–Trinajstić information content (AvgIpc) is 3.37. The molecule has 0 unspecified atom stereocenters. The third kappa shape index (κ3) is 4.42. The molecule has 0 radical (unpaired) electrons. The Bertz CT molecular complexity index is 1310. The third-order valence-corrected chi connectivity index (χ3v) is 6.74. The Hall–Kier alpha value is -3.30. The van der Waals surface area contributed by atoms with E-state index in [0.29, 0.717) is 15.9 Å². The Balaban J connectivity index is 1.68. The second-order valence-corrected chi connectivity index (χ2v) is 9.16. The topological polar surface area (TPSA) is 98.3 Å². The van der Waals surface area contributed by atoms with Crippen LogP contribution in [0, 0.1) is 6.92 Å². The summed E-state index contributed by atoms with van der Waals surface area (Å²) in [4.78, 5) is 46.3. The molecule has 9 heteroatoms. The van der Waals surface area contributed by atoms with Crippen molar-refractivity contribution >= 4 is 50.4 Å². The normalized spacial score (nSPS) is 11.0. The lowest BCUT2D eigenvalue weighted by Gasteiger charge is -2.22. The van der Waals surface area contributed by atoms with Crippen LogP contribution in [0.3, 0.4) is 0 Å². The SMILES string of the molecule is Cc1ccc(-c2csc3ncn(CC(=O)N(CCC(N)=O)c4ccccc4)c(=O)c23)s1. The molecule has 3 heterocycles. The summed E-state index contributed by atoms with van der Waals surface area (Å²) in [7, 11) is 0. The summed E-state index contributed by atoms with van der Waals surface area (Å²) in [5.74, 6) is -0.817. The van der Waals surface area contributed by atoms with Gasteiger partial charge in [0.2, 0.25) is 11.8 Å². The second kappa shape index (κ2) is 8.83. The van der Waals surface area contributed by atoms with Gasteiger partial charge < -0.3 is 10.6 Å². The van der Waals surface area contributed by atoms with E-state index in [1.165, 1.54) is 27.1 Å². The van der Waals surface area contributed by atoms with Crippen molar-refractivity contribution in [3.8, 4) is 10.4 Å². The van der Waals surface area contributed by atoms with E-state index in [9.17, 15) is 14.4 Å². The second-order valence-electron chi connectivity index (χ2n) is 7.01. The highest BCUT2D eigenvalue weighted by Gasteiger charge is 2.20. The molecule has 2 amide bonds. The molecule has 0 saturated heterocycles. The fourth-order valence-electron chi connectivity index (χ4n) is 3.30. The number of primary amides is 1. The summed E-state index contributed by atoms with van der Waals surface area (Å²) in [6.45, 7) is 1.97. The van der Waals surface area contributed by atoms with E-state index >= 15 is 0 Å². The van der Waals surface area contributed by atoms with Crippen molar-refractivity contribution in [3.63, 3.8) is 0 Å². The number of rotatable bonds is 7. The summed E-state index contributed by atoms with van der Waals surface area (Å²) in [5.41, 5.74) is 6.50. The smallest absolute Gasteiger partial charge is 0.263 e. The van der Waals surface area contributed by atoms with Gasteiger partial charge in [0.25, 0.3) is 5.56 Å². The van der Waals surface area contributed by atoms with E-state index in [-0.39, 0.29) is 31.0 Å². The number of nitrogens with zero attached hydrogens (tertiary/aromatic N) is 3. The predicted molar refractivity (Wildman–Crippen MR) is 125 cm³/mol. The van der Waals surface area contributed by atoms with Gasteiger partial charge in [-0.1, -0.05) is 18.2 Å². The van der Waals surface area contributed by atoms with Crippen molar-refractivity contribution in [3.05, 3.63) is 69.4 Å². The first-order chi connectivity index (χ1) is 14.9. The number of hydrogen-bond acceptors (Lipinski definition) is 6. The van der Waals surface area contributed by atoms with Crippen LogP contribution >= 0.6 is 22.7 Å².